The molecule has 0 aliphatic carbocycles. The van der Waals surface area contributed by atoms with E-state index in [0.717, 1.165) is 31.9 Å². The van der Waals surface area contributed by atoms with Gasteiger partial charge in [0, 0.05) is 18.6 Å². The van der Waals surface area contributed by atoms with Crippen molar-refractivity contribution < 1.29 is 14.3 Å². The van der Waals surface area contributed by atoms with Gasteiger partial charge in [0.1, 0.15) is 0 Å². The van der Waals surface area contributed by atoms with E-state index < -0.39 is 0 Å². The van der Waals surface area contributed by atoms with Gasteiger partial charge in [-0.3, -0.25) is 0 Å². The van der Waals surface area contributed by atoms with Gasteiger partial charge >= 0.3 is 5.97 Å². The third-order valence-electron chi connectivity index (χ3n) is 3.43. The van der Waals surface area contributed by atoms with Crippen LogP contribution in [0.4, 0.5) is 5.69 Å². The van der Waals surface area contributed by atoms with E-state index in [1.54, 1.807) is 18.2 Å². The lowest BCUT2D eigenvalue weighted by Crippen LogP contribution is -2.43. The molecule has 1 aliphatic heterocycles. The van der Waals surface area contributed by atoms with Gasteiger partial charge in [-0.2, -0.15) is 0 Å². The number of halogens is 1. The zero-order valence-corrected chi connectivity index (χ0v) is 13.1. The van der Waals surface area contributed by atoms with E-state index in [4.69, 9.17) is 21.1 Å². The van der Waals surface area contributed by atoms with Gasteiger partial charge in [0.05, 0.1) is 36.6 Å². The lowest BCUT2D eigenvalue weighted by Gasteiger charge is -2.27. The Balaban J connectivity index is 1.98. The Kier molecular flexibility index (Phi) is 5.85. The average molecular weight is 313 g/mol. The minimum Gasteiger partial charge on any atom is -0.465 e. The van der Waals surface area contributed by atoms with E-state index >= 15 is 0 Å². The monoisotopic (exact) mass is 312 g/mol. The maximum absolute atomic E-state index is 11.6. The third-order valence-corrected chi connectivity index (χ3v) is 3.76. The van der Waals surface area contributed by atoms with Gasteiger partial charge in [0.2, 0.25) is 0 Å². The van der Waals surface area contributed by atoms with Crippen LogP contribution in [-0.4, -0.2) is 44.9 Å². The number of hydrogen-bond donors (Lipinski definition) is 2. The van der Waals surface area contributed by atoms with Crippen LogP contribution in [0.2, 0.25) is 5.02 Å². The number of anilines is 1. The molecular formula is C15H21ClN2O3. The number of ether oxygens (including phenoxy) is 2. The molecule has 5 nitrogen and oxygen atoms in total. The second-order valence-electron chi connectivity index (χ2n) is 5.19. The maximum Gasteiger partial charge on any atom is 0.337 e. The third kappa shape index (κ3) is 4.59. The molecule has 1 fully saturated rings. The summed E-state index contributed by atoms with van der Waals surface area (Å²) in [4.78, 5) is 11.6. The molecule has 0 aromatic heterocycles. The topological polar surface area (TPSA) is 59.6 Å². The van der Waals surface area contributed by atoms with Crippen molar-refractivity contribution in [1.29, 1.82) is 0 Å². The van der Waals surface area contributed by atoms with E-state index in [1.165, 1.54) is 7.11 Å². The van der Waals surface area contributed by atoms with Gasteiger partial charge in [-0.25, -0.2) is 4.79 Å². The first-order chi connectivity index (χ1) is 10.1. The van der Waals surface area contributed by atoms with E-state index in [0.29, 0.717) is 16.6 Å². The average Bonchev–Trinajstić information content (AvgIpc) is 2.49. The lowest BCUT2D eigenvalue weighted by molar-refractivity contribution is 0.0601. The van der Waals surface area contributed by atoms with E-state index in [-0.39, 0.29) is 12.0 Å². The van der Waals surface area contributed by atoms with Crippen LogP contribution in [0.1, 0.15) is 23.7 Å². The summed E-state index contributed by atoms with van der Waals surface area (Å²) >= 11 is 6.18. The molecule has 2 N–H and O–H groups in total. The molecule has 0 amide bonds. The molecule has 0 spiro atoms. The highest BCUT2D eigenvalue weighted by Gasteiger charge is 2.17. The van der Waals surface area contributed by atoms with Crippen molar-refractivity contribution >= 4 is 23.3 Å². The Morgan fingerprint density at radius 1 is 1.62 bits per heavy atom. The number of morpholine rings is 1. The van der Waals surface area contributed by atoms with Gasteiger partial charge in [-0.15, -0.1) is 0 Å². The number of benzene rings is 1. The van der Waals surface area contributed by atoms with Crippen LogP contribution in [-0.2, 0) is 9.47 Å². The molecule has 1 aliphatic rings. The normalized spacial score (nSPS) is 19.9. The van der Waals surface area contributed by atoms with E-state index in [2.05, 4.69) is 17.6 Å². The molecule has 1 heterocycles. The van der Waals surface area contributed by atoms with Crippen molar-refractivity contribution in [1.82, 2.24) is 5.32 Å². The fourth-order valence-corrected chi connectivity index (χ4v) is 2.58. The predicted molar refractivity (Wildman–Crippen MR) is 83.1 cm³/mol. The summed E-state index contributed by atoms with van der Waals surface area (Å²) in [7, 11) is 1.36. The molecule has 6 heteroatoms. The smallest absolute Gasteiger partial charge is 0.337 e. The first-order valence-electron chi connectivity index (χ1n) is 7.05. The van der Waals surface area contributed by atoms with Crippen LogP contribution in [0.5, 0.6) is 0 Å². The molecule has 0 saturated carbocycles. The summed E-state index contributed by atoms with van der Waals surface area (Å²) in [5, 5.41) is 7.34. The van der Waals surface area contributed by atoms with Crippen LogP contribution < -0.4 is 10.6 Å². The highest BCUT2D eigenvalue weighted by Crippen LogP contribution is 2.25. The second kappa shape index (κ2) is 7.64. The zero-order valence-electron chi connectivity index (χ0n) is 12.3. The predicted octanol–water partition coefficient (Wildman–Crippen LogP) is 2.31. The number of carbonyl (C=O) groups is 1. The van der Waals surface area contributed by atoms with Gasteiger partial charge in [0.15, 0.2) is 0 Å². The van der Waals surface area contributed by atoms with Crippen LogP contribution in [0, 0.1) is 0 Å². The maximum atomic E-state index is 11.6. The summed E-state index contributed by atoms with van der Waals surface area (Å²) in [6, 6.07) is 5.61. The molecule has 2 atom stereocenters. The Morgan fingerprint density at radius 2 is 2.43 bits per heavy atom. The fraction of sp³-hybridized carbons (Fsp3) is 0.533. The number of nitrogens with one attached hydrogen (secondary N) is 2. The molecule has 1 saturated heterocycles. The van der Waals surface area contributed by atoms with Crippen LogP contribution in [0.25, 0.3) is 0 Å². The van der Waals surface area contributed by atoms with Crippen molar-refractivity contribution in [3.63, 3.8) is 0 Å². The van der Waals surface area contributed by atoms with Crippen molar-refractivity contribution in [2.45, 2.75) is 25.4 Å². The molecule has 2 unspecified atom stereocenters. The zero-order chi connectivity index (χ0) is 15.2. The molecule has 1 aromatic rings. The Bertz CT molecular complexity index is 490. The first kappa shape index (κ1) is 16.1. The summed E-state index contributed by atoms with van der Waals surface area (Å²) in [5.74, 6) is -0.371. The summed E-state index contributed by atoms with van der Waals surface area (Å²) in [6.07, 6.45) is 0.915. The highest BCUT2D eigenvalue weighted by atomic mass is 35.5. The minimum absolute atomic E-state index is 0.203. The number of rotatable bonds is 5. The van der Waals surface area contributed by atoms with Gasteiger partial charge in [-0.1, -0.05) is 11.6 Å². The Labute approximate surface area is 130 Å². The molecule has 21 heavy (non-hydrogen) atoms. The lowest BCUT2D eigenvalue weighted by atomic mass is 10.1. The Morgan fingerprint density at radius 3 is 3.10 bits per heavy atom. The van der Waals surface area contributed by atoms with E-state index in [1.807, 2.05) is 0 Å². The first-order valence-corrected chi connectivity index (χ1v) is 7.43. The van der Waals surface area contributed by atoms with Crippen molar-refractivity contribution in [3.8, 4) is 0 Å². The Hall–Kier alpha value is -1.30. The summed E-state index contributed by atoms with van der Waals surface area (Å²) in [6.45, 7) is 4.46. The summed E-state index contributed by atoms with van der Waals surface area (Å²) < 4.78 is 10.2. The molecular weight excluding hydrogens is 292 g/mol. The SMILES string of the molecule is COC(=O)c1ccc(Cl)c(NC(C)CC2COCCN2)c1. The molecule has 116 valence electrons. The number of methoxy groups -OCH3 is 1. The number of carbonyl (C=O) groups excluding carboxylic acids is 1. The van der Waals surface area contributed by atoms with Gasteiger partial charge < -0.3 is 20.1 Å². The fourth-order valence-electron chi connectivity index (χ4n) is 2.40. The van der Waals surface area contributed by atoms with E-state index in [9.17, 15) is 4.79 Å². The van der Waals surface area contributed by atoms with Crippen LogP contribution in [0.3, 0.4) is 0 Å². The second-order valence-corrected chi connectivity index (χ2v) is 5.60. The molecule has 0 radical (unpaired) electrons. The van der Waals surface area contributed by atoms with Crippen LogP contribution in [0.15, 0.2) is 18.2 Å². The van der Waals surface area contributed by atoms with Gasteiger partial charge in [-0.05, 0) is 31.5 Å². The molecule has 2 rings (SSSR count). The largest absolute Gasteiger partial charge is 0.465 e. The van der Waals surface area contributed by atoms with Gasteiger partial charge in [0.25, 0.3) is 0 Å². The number of hydrogen-bond acceptors (Lipinski definition) is 5. The van der Waals surface area contributed by atoms with Crippen molar-refractivity contribution in [2.75, 3.05) is 32.2 Å². The van der Waals surface area contributed by atoms with Crippen LogP contribution >= 0.6 is 11.6 Å². The van der Waals surface area contributed by atoms with Crippen molar-refractivity contribution in [3.05, 3.63) is 28.8 Å². The number of esters is 1. The quantitative estimate of drug-likeness (QED) is 0.817. The standard InChI is InChI=1S/C15H21ClN2O3/c1-10(7-12-9-21-6-5-17-12)18-14-8-11(15(19)20-2)3-4-13(14)16/h3-4,8,10,12,17-18H,5-7,9H2,1-2H3. The molecule has 0 bridgehead atoms. The minimum atomic E-state index is -0.371. The highest BCUT2D eigenvalue weighted by molar-refractivity contribution is 6.33. The summed E-state index contributed by atoms with van der Waals surface area (Å²) in [5.41, 5.74) is 1.22. The van der Waals surface area contributed by atoms with Crippen molar-refractivity contribution in [2.24, 2.45) is 0 Å². The molecule has 1 aromatic carbocycles.